The van der Waals surface area contributed by atoms with Crippen LogP contribution < -0.4 is 5.32 Å². The van der Waals surface area contributed by atoms with Gasteiger partial charge < -0.3 is 5.32 Å². The van der Waals surface area contributed by atoms with Crippen molar-refractivity contribution in [3.8, 4) is 0 Å². The maximum atomic E-state index is 12.9. The van der Waals surface area contributed by atoms with Crippen molar-refractivity contribution in [2.24, 2.45) is 4.99 Å². The molecule has 3 rings (SSSR count). The van der Waals surface area contributed by atoms with Crippen molar-refractivity contribution < 1.29 is 9.18 Å². The number of rotatable bonds is 2. The second kappa shape index (κ2) is 6.38. The minimum atomic E-state index is -0.298. The summed E-state index contributed by atoms with van der Waals surface area (Å²) in [4.78, 5) is 17.0. The zero-order valence-corrected chi connectivity index (χ0v) is 13.6. The molecule has 5 heteroatoms. The van der Waals surface area contributed by atoms with E-state index in [0.717, 1.165) is 16.8 Å². The Hall–Kier alpha value is -2.40. The van der Waals surface area contributed by atoms with Crippen LogP contribution in [-0.4, -0.2) is 11.1 Å². The van der Waals surface area contributed by atoms with Crippen molar-refractivity contribution in [2.75, 3.05) is 0 Å². The Bertz CT molecular complexity index is 825. The van der Waals surface area contributed by atoms with E-state index in [-0.39, 0.29) is 11.7 Å². The maximum absolute atomic E-state index is 12.9. The Morgan fingerprint density at radius 1 is 1.09 bits per heavy atom. The lowest BCUT2D eigenvalue weighted by molar-refractivity contribution is -0.115. The molecule has 1 aliphatic heterocycles. The summed E-state index contributed by atoms with van der Waals surface area (Å²) in [5, 5.41) is 3.30. The number of amides is 1. The number of hydrogen-bond acceptors (Lipinski definition) is 3. The molecule has 116 valence electrons. The van der Waals surface area contributed by atoms with Gasteiger partial charge in [-0.25, -0.2) is 9.38 Å². The molecule has 3 nitrogen and oxygen atoms in total. The van der Waals surface area contributed by atoms with Crippen LogP contribution in [-0.2, 0) is 4.79 Å². The van der Waals surface area contributed by atoms with Crippen molar-refractivity contribution in [1.29, 1.82) is 0 Å². The van der Waals surface area contributed by atoms with Crippen LogP contribution in [0.4, 0.5) is 10.1 Å². The smallest absolute Gasteiger partial charge is 0.264 e. The molecule has 2 aromatic rings. The van der Waals surface area contributed by atoms with Crippen LogP contribution in [0.1, 0.15) is 16.7 Å². The third-order valence-electron chi connectivity index (χ3n) is 3.54. The highest BCUT2D eigenvalue weighted by Gasteiger charge is 2.23. The van der Waals surface area contributed by atoms with Gasteiger partial charge in [-0.2, -0.15) is 0 Å². The fourth-order valence-electron chi connectivity index (χ4n) is 2.10. The largest absolute Gasteiger partial charge is 0.300 e. The molecule has 0 radical (unpaired) electrons. The number of halogens is 1. The van der Waals surface area contributed by atoms with E-state index in [2.05, 4.69) is 10.3 Å². The Kier molecular flexibility index (Phi) is 4.30. The van der Waals surface area contributed by atoms with E-state index in [0.29, 0.717) is 10.1 Å². The summed E-state index contributed by atoms with van der Waals surface area (Å²) in [6.45, 7) is 4.07. The first-order valence-corrected chi connectivity index (χ1v) is 7.95. The normalized spacial score (nSPS) is 17.8. The molecule has 1 saturated heterocycles. The molecule has 1 amide bonds. The summed E-state index contributed by atoms with van der Waals surface area (Å²) in [6, 6.07) is 11.9. The predicted octanol–water partition coefficient (Wildman–Crippen LogP) is 4.33. The van der Waals surface area contributed by atoms with Crippen LogP contribution >= 0.6 is 11.8 Å². The van der Waals surface area contributed by atoms with Crippen molar-refractivity contribution in [3.05, 3.63) is 69.9 Å². The quantitative estimate of drug-likeness (QED) is 0.834. The van der Waals surface area contributed by atoms with Gasteiger partial charge in [-0.3, -0.25) is 4.79 Å². The molecule has 0 aliphatic carbocycles. The minimum absolute atomic E-state index is 0.193. The van der Waals surface area contributed by atoms with Crippen LogP contribution in [0.3, 0.4) is 0 Å². The van der Waals surface area contributed by atoms with Crippen LogP contribution in [0.25, 0.3) is 6.08 Å². The monoisotopic (exact) mass is 326 g/mol. The summed E-state index contributed by atoms with van der Waals surface area (Å²) >= 11 is 1.28. The van der Waals surface area contributed by atoms with Crippen molar-refractivity contribution in [1.82, 2.24) is 5.32 Å². The van der Waals surface area contributed by atoms with Crippen LogP contribution in [0, 0.1) is 19.7 Å². The number of thioether (sulfide) groups is 1. The van der Waals surface area contributed by atoms with Gasteiger partial charge in [0.1, 0.15) is 5.82 Å². The average molecular weight is 326 g/mol. The predicted molar refractivity (Wildman–Crippen MR) is 93.1 cm³/mol. The number of carbonyl (C=O) groups is 1. The first-order chi connectivity index (χ1) is 11.0. The lowest BCUT2D eigenvalue weighted by Crippen LogP contribution is -2.19. The summed E-state index contributed by atoms with van der Waals surface area (Å²) in [5.74, 6) is -0.491. The highest BCUT2D eigenvalue weighted by atomic mass is 32.2. The number of amidine groups is 1. The van der Waals surface area contributed by atoms with Crippen molar-refractivity contribution in [3.63, 3.8) is 0 Å². The molecule has 0 atom stereocenters. The number of nitrogens with one attached hydrogen (secondary N) is 1. The van der Waals surface area contributed by atoms with E-state index in [9.17, 15) is 9.18 Å². The average Bonchev–Trinajstić information content (AvgIpc) is 2.85. The lowest BCUT2D eigenvalue weighted by atomic mass is 10.1. The minimum Gasteiger partial charge on any atom is -0.300 e. The van der Waals surface area contributed by atoms with Crippen LogP contribution in [0.15, 0.2) is 52.4 Å². The summed E-state index contributed by atoms with van der Waals surface area (Å²) in [5.41, 5.74) is 3.94. The molecular formula is C18H15FN2OS. The van der Waals surface area contributed by atoms with Crippen LogP contribution in [0.2, 0.25) is 0 Å². The highest BCUT2D eigenvalue weighted by Crippen LogP contribution is 2.28. The molecule has 0 spiro atoms. The summed E-state index contributed by atoms with van der Waals surface area (Å²) < 4.78 is 12.9. The molecule has 1 N–H and O–H groups in total. The van der Waals surface area contributed by atoms with Gasteiger partial charge in [0.15, 0.2) is 5.17 Å². The van der Waals surface area contributed by atoms with E-state index >= 15 is 0 Å². The molecule has 0 unspecified atom stereocenters. The van der Waals surface area contributed by atoms with Gasteiger partial charge >= 0.3 is 0 Å². The number of benzene rings is 2. The van der Waals surface area contributed by atoms with Gasteiger partial charge in [0, 0.05) is 0 Å². The van der Waals surface area contributed by atoms with Crippen LogP contribution in [0.5, 0.6) is 0 Å². The van der Waals surface area contributed by atoms with Crippen molar-refractivity contribution in [2.45, 2.75) is 13.8 Å². The van der Waals surface area contributed by atoms with Gasteiger partial charge in [-0.15, -0.1) is 0 Å². The molecule has 2 aromatic carbocycles. The first kappa shape index (κ1) is 15.5. The second-order valence-corrected chi connectivity index (χ2v) is 6.33. The lowest BCUT2D eigenvalue weighted by Gasteiger charge is -2.01. The first-order valence-electron chi connectivity index (χ1n) is 7.14. The summed E-state index contributed by atoms with van der Waals surface area (Å²) in [7, 11) is 0. The number of aryl methyl sites for hydroxylation is 2. The fraction of sp³-hybridized carbons (Fsp3) is 0.111. The molecule has 23 heavy (non-hydrogen) atoms. The van der Waals surface area contributed by atoms with Gasteiger partial charge in [0.05, 0.1) is 10.6 Å². The van der Waals surface area contributed by atoms with Crippen molar-refractivity contribution >= 4 is 34.6 Å². The number of hydrogen-bond donors (Lipinski definition) is 1. The van der Waals surface area contributed by atoms with Gasteiger partial charge in [-0.05, 0) is 72.6 Å². The molecule has 0 saturated carbocycles. The standard InChI is InChI=1S/C18H15FN2OS/c1-11-3-8-15(9-12(11)2)20-18-21-17(22)16(23-18)10-13-4-6-14(19)7-5-13/h3-10H,1-2H3,(H,20,21,22)/b16-10+. The SMILES string of the molecule is Cc1ccc(N=C2NC(=O)/C(=C\c3ccc(F)cc3)S2)cc1C. The highest BCUT2D eigenvalue weighted by molar-refractivity contribution is 8.18. The summed E-state index contributed by atoms with van der Waals surface area (Å²) in [6.07, 6.45) is 1.72. The van der Waals surface area contributed by atoms with E-state index < -0.39 is 0 Å². The molecular weight excluding hydrogens is 311 g/mol. The molecule has 1 fully saturated rings. The van der Waals surface area contributed by atoms with E-state index in [1.165, 1.54) is 29.5 Å². The van der Waals surface area contributed by atoms with Gasteiger partial charge in [0.2, 0.25) is 0 Å². The Labute approximate surface area is 138 Å². The van der Waals surface area contributed by atoms with E-state index in [1.54, 1.807) is 18.2 Å². The maximum Gasteiger partial charge on any atom is 0.264 e. The Balaban J connectivity index is 1.82. The third-order valence-corrected chi connectivity index (χ3v) is 4.45. The Morgan fingerprint density at radius 2 is 1.83 bits per heavy atom. The second-order valence-electron chi connectivity index (χ2n) is 5.30. The molecule has 1 aliphatic rings. The number of aliphatic imine (C=N–C) groups is 1. The molecule has 0 bridgehead atoms. The number of nitrogens with zero attached hydrogens (tertiary/aromatic N) is 1. The molecule has 0 aromatic heterocycles. The zero-order valence-electron chi connectivity index (χ0n) is 12.8. The number of carbonyl (C=O) groups excluding carboxylic acids is 1. The fourth-order valence-corrected chi connectivity index (χ4v) is 2.95. The van der Waals surface area contributed by atoms with Gasteiger partial charge in [0.25, 0.3) is 5.91 Å². The van der Waals surface area contributed by atoms with E-state index in [4.69, 9.17) is 0 Å². The zero-order chi connectivity index (χ0) is 16.4. The van der Waals surface area contributed by atoms with Gasteiger partial charge in [-0.1, -0.05) is 18.2 Å². The van der Waals surface area contributed by atoms with E-state index in [1.807, 2.05) is 32.0 Å². The third kappa shape index (κ3) is 3.68. The topological polar surface area (TPSA) is 41.5 Å². The Morgan fingerprint density at radius 3 is 2.52 bits per heavy atom. The molecule has 1 heterocycles.